The summed E-state index contributed by atoms with van der Waals surface area (Å²) in [6, 6.07) is 0. The van der Waals surface area contributed by atoms with Gasteiger partial charge >= 0.3 is 0 Å². The van der Waals surface area contributed by atoms with Gasteiger partial charge in [0, 0.05) is 18.5 Å². The van der Waals surface area contributed by atoms with E-state index < -0.39 is 0 Å². The second kappa shape index (κ2) is 3.55. The molecule has 1 atom stereocenters. The summed E-state index contributed by atoms with van der Waals surface area (Å²) < 4.78 is 0. The largest absolute Gasteiger partial charge is 0.396 e. The first kappa shape index (κ1) is 9.01. The first-order chi connectivity index (χ1) is 5.25. The summed E-state index contributed by atoms with van der Waals surface area (Å²) in [5.74, 6) is 0.666. The van der Waals surface area contributed by atoms with Crippen molar-refractivity contribution in [2.24, 2.45) is 11.3 Å². The minimum Gasteiger partial charge on any atom is -0.396 e. The maximum absolute atomic E-state index is 9.19. The average molecular weight is 157 g/mol. The number of aliphatic hydroxyl groups is 1. The summed E-state index contributed by atoms with van der Waals surface area (Å²) in [6.45, 7) is 6.81. The normalized spacial score (nSPS) is 24.3. The molecule has 2 nitrogen and oxygen atoms in total. The second-order valence-electron chi connectivity index (χ2n) is 3.81. The van der Waals surface area contributed by atoms with Crippen LogP contribution in [-0.2, 0) is 0 Å². The molecular weight excluding hydrogens is 138 g/mol. The zero-order chi connectivity index (χ0) is 8.32. The summed E-state index contributed by atoms with van der Waals surface area (Å²) in [5.41, 5.74) is 0.218. The van der Waals surface area contributed by atoms with Crippen LogP contribution in [0.5, 0.6) is 0 Å². The van der Waals surface area contributed by atoms with Crippen molar-refractivity contribution in [1.82, 2.24) is 5.32 Å². The fraction of sp³-hybridized carbons (Fsp3) is 1.00. The van der Waals surface area contributed by atoms with Crippen LogP contribution in [0.2, 0.25) is 0 Å². The zero-order valence-corrected chi connectivity index (χ0v) is 7.56. The van der Waals surface area contributed by atoms with Crippen molar-refractivity contribution in [3.8, 4) is 0 Å². The maximum atomic E-state index is 9.19. The van der Waals surface area contributed by atoms with Crippen LogP contribution in [0.3, 0.4) is 0 Å². The highest BCUT2D eigenvalue weighted by atomic mass is 16.3. The van der Waals surface area contributed by atoms with Crippen molar-refractivity contribution in [3.63, 3.8) is 0 Å². The molecule has 0 aromatic carbocycles. The molecule has 0 aromatic heterocycles. The molecule has 66 valence electrons. The number of rotatable bonds is 4. The van der Waals surface area contributed by atoms with Gasteiger partial charge in [-0.2, -0.15) is 0 Å². The second-order valence-corrected chi connectivity index (χ2v) is 3.81. The molecule has 1 heterocycles. The third kappa shape index (κ3) is 1.57. The van der Waals surface area contributed by atoms with E-state index in [4.69, 9.17) is 0 Å². The summed E-state index contributed by atoms with van der Waals surface area (Å²) >= 11 is 0. The third-order valence-corrected chi connectivity index (χ3v) is 3.04. The number of nitrogens with one attached hydrogen (secondary N) is 1. The topological polar surface area (TPSA) is 32.3 Å². The van der Waals surface area contributed by atoms with Crippen LogP contribution >= 0.6 is 0 Å². The number of hydrogen-bond acceptors (Lipinski definition) is 2. The number of hydrogen-bond donors (Lipinski definition) is 2. The van der Waals surface area contributed by atoms with Gasteiger partial charge in [-0.1, -0.05) is 26.7 Å². The van der Waals surface area contributed by atoms with E-state index in [-0.39, 0.29) is 5.41 Å². The van der Waals surface area contributed by atoms with Gasteiger partial charge in [0.15, 0.2) is 0 Å². The van der Waals surface area contributed by atoms with E-state index in [2.05, 4.69) is 19.2 Å². The lowest BCUT2D eigenvalue weighted by Crippen LogP contribution is -2.59. The number of aliphatic hydroxyl groups excluding tert-OH is 1. The highest BCUT2D eigenvalue weighted by Gasteiger charge is 2.40. The molecule has 0 spiro atoms. The quantitative estimate of drug-likeness (QED) is 0.638. The Morgan fingerprint density at radius 3 is 2.45 bits per heavy atom. The van der Waals surface area contributed by atoms with E-state index in [0.29, 0.717) is 12.5 Å². The molecule has 0 saturated carbocycles. The van der Waals surface area contributed by atoms with E-state index in [1.165, 1.54) is 12.8 Å². The standard InChI is InChI=1S/C9H19NO/c1-3-4-8(2)9(7-11)5-10-6-9/h8,10-11H,3-7H2,1-2H3. The van der Waals surface area contributed by atoms with Crippen LogP contribution in [0.4, 0.5) is 0 Å². The fourth-order valence-electron chi connectivity index (χ4n) is 1.80. The molecule has 2 N–H and O–H groups in total. The van der Waals surface area contributed by atoms with Gasteiger partial charge in [-0.05, 0) is 5.92 Å². The fourth-order valence-corrected chi connectivity index (χ4v) is 1.80. The summed E-state index contributed by atoms with van der Waals surface area (Å²) in [7, 11) is 0. The Morgan fingerprint density at radius 1 is 1.55 bits per heavy atom. The minimum absolute atomic E-state index is 0.218. The molecule has 11 heavy (non-hydrogen) atoms. The Morgan fingerprint density at radius 2 is 2.18 bits per heavy atom. The van der Waals surface area contributed by atoms with Gasteiger partial charge in [-0.3, -0.25) is 0 Å². The molecule has 2 heteroatoms. The monoisotopic (exact) mass is 157 g/mol. The van der Waals surface area contributed by atoms with E-state index >= 15 is 0 Å². The first-order valence-electron chi connectivity index (χ1n) is 4.57. The van der Waals surface area contributed by atoms with Crippen molar-refractivity contribution in [2.75, 3.05) is 19.7 Å². The lowest BCUT2D eigenvalue weighted by Gasteiger charge is -2.46. The van der Waals surface area contributed by atoms with Gasteiger partial charge < -0.3 is 10.4 Å². The molecule has 0 bridgehead atoms. The molecule has 1 unspecified atom stereocenters. The highest BCUT2D eigenvalue weighted by molar-refractivity contribution is 4.95. The molecule has 0 amide bonds. The Bertz CT molecular complexity index is 115. The lowest BCUT2D eigenvalue weighted by atomic mass is 9.70. The third-order valence-electron chi connectivity index (χ3n) is 3.04. The van der Waals surface area contributed by atoms with Gasteiger partial charge in [0.05, 0.1) is 6.61 Å². The van der Waals surface area contributed by atoms with Crippen LogP contribution in [-0.4, -0.2) is 24.8 Å². The predicted molar refractivity (Wildman–Crippen MR) is 46.5 cm³/mol. The SMILES string of the molecule is CCCC(C)C1(CO)CNC1. The van der Waals surface area contributed by atoms with Gasteiger partial charge in [0.1, 0.15) is 0 Å². The minimum atomic E-state index is 0.218. The molecule has 0 aliphatic carbocycles. The molecule has 1 aliphatic rings. The van der Waals surface area contributed by atoms with Crippen LogP contribution in [0, 0.1) is 11.3 Å². The van der Waals surface area contributed by atoms with Crippen LogP contribution in [0.1, 0.15) is 26.7 Å². The maximum Gasteiger partial charge on any atom is 0.0514 e. The average Bonchev–Trinajstić information content (AvgIpc) is 1.87. The summed E-state index contributed by atoms with van der Waals surface area (Å²) in [5, 5.41) is 12.4. The summed E-state index contributed by atoms with van der Waals surface area (Å²) in [4.78, 5) is 0. The smallest absolute Gasteiger partial charge is 0.0514 e. The van der Waals surface area contributed by atoms with Crippen molar-refractivity contribution in [3.05, 3.63) is 0 Å². The Labute approximate surface area is 69.0 Å². The Kier molecular flexibility index (Phi) is 2.90. The Balaban J connectivity index is 2.40. The molecule has 0 aromatic rings. The first-order valence-corrected chi connectivity index (χ1v) is 4.57. The van der Waals surface area contributed by atoms with E-state index in [1.807, 2.05) is 0 Å². The van der Waals surface area contributed by atoms with Crippen molar-refractivity contribution >= 4 is 0 Å². The van der Waals surface area contributed by atoms with Crippen LogP contribution in [0.25, 0.3) is 0 Å². The molecular formula is C9H19NO. The predicted octanol–water partition coefficient (Wildman–Crippen LogP) is 1.00. The Hall–Kier alpha value is -0.0800. The van der Waals surface area contributed by atoms with Gasteiger partial charge in [-0.25, -0.2) is 0 Å². The molecule has 0 radical (unpaired) electrons. The van der Waals surface area contributed by atoms with Crippen LogP contribution < -0.4 is 5.32 Å². The molecule has 1 saturated heterocycles. The van der Waals surface area contributed by atoms with Gasteiger partial charge in [0.2, 0.25) is 0 Å². The van der Waals surface area contributed by atoms with E-state index in [9.17, 15) is 5.11 Å². The van der Waals surface area contributed by atoms with Crippen LogP contribution in [0.15, 0.2) is 0 Å². The van der Waals surface area contributed by atoms with Gasteiger partial charge in [-0.15, -0.1) is 0 Å². The molecule has 1 fully saturated rings. The summed E-state index contributed by atoms with van der Waals surface area (Å²) in [6.07, 6.45) is 2.46. The van der Waals surface area contributed by atoms with Gasteiger partial charge in [0.25, 0.3) is 0 Å². The zero-order valence-electron chi connectivity index (χ0n) is 7.56. The van der Waals surface area contributed by atoms with E-state index in [1.54, 1.807) is 0 Å². The molecule has 1 rings (SSSR count). The highest BCUT2D eigenvalue weighted by Crippen LogP contribution is 2.34. The molecule has 1 aliphatic heterocycles. The van der Waals surface area contributed by atoms with Crippen molar-refractivity contribution < 1.29 is 5.11 Å². The van der Waals surface area contributed by atoms with Crippen molar-refractivity contribution in [2.45, 2.75) is 26.7 Å². The lowest BCUT2D eigenvalue weighted by molar-refractivity contribution is 0.0132. The van der Waals surface area contributed by atoms with E-state index in [0.717, 1.165) is 13.1 Å². The van der Waals surface area contributed by atoms with Crippen molar-refractivity contribution in [1.29, 1.82) is 0 Å².